The molecule has 0 aliphatic carbocycles. The highest BCUT2D eigenvalue weighted by molar-refractivity contribution is 4.55. The van der Waals surface area contributed by atoms with Crippen LogP contribution in [-0.2, 0) is 0 Å². The van der Waals surface area contributed by atoms with Gasteiger partial charge in [-0.3, -0.25) is 0 Å². The van der Waals surface area contributed by atoms with Crippen molar-refractivity contribution in [1.29, 1.82) is 0 Å². The van der Waals surface area contributed by atoms with Crippen LogP contribution in [0.3, 0.4) is 0 Å². The SMILES string of the molecule is [CH2]CNCCCCCCCCCCCCCCCCCCCCCCCCCCCCCCCCCCCCCCCCCCCCCCC. The maximum absolute atomic E-state index is 3.83. The smallest absolute Gasteiger partial charge is 0.00484 e. The van der Waals surface area contributed by atoms with Crippen LogP contribution in [0.2, 0.25) is 0 Å². The van der Waals surface area contributed by atoms with Gasteiger partial charge in [0.1, 0.15) is 0 Å². The minimum absolute atomic E-state index is 0.875. The average Bonchev–Trinajstić information content (AvgIpc) is 3.13. The van der Waals surface area contributed by atoms with Gasteiger partial charge in [-0.1, -0.05) is 289 Å². The van der Waals surface area contributed by atoms with Gasteiger partial charge in [-0.25, -0.2) is 0 Å². The maximum Gasteiger partial charge on any atom is -0.00484 e. The van der Waals surface area contributed by atoms with Crippen LogP contribution in [0.5, 0.6) is 0 Å². The monoisotopic (exact) mass is 703 g/mol. The van der Waals surface area contributed by atoms with Gasteiger partial charge in [0, 0.05) is 0 Å². The van der Waals surface area contributed by atoms with Crippen molar-refractivity contribution in [3.8, 4) is 0 Å². The van der Waals surface area contributed by atoms with Gasteiger partial charge in [0.15, 0.2) is 0 Å². The first-order valence-corrected chi connectivity index (χ1v) is 24.4. The second-order valence-electron chi connectivity index (χ2n) is 16.8. The molecule has 0 heterocycles. The van der Waals surface area contributed by atoms with Gasteiger partial charge < -0.3 is 5.32 Å². The fourth-order valence-corrected chi connectivity index (χ4v) is 8.05. The fraction of sp³-hybridized carbons (Fsp3) is 0.980. The zero-order valence-electron chi connectivity index (χ0n) is 35.4. The van der Waals surface area contributed by atoms with Gasteiger partial charge in [-0.2, -0.15) is 0 Å². The van der Waals surface area contributed by atoms with E-state index in [1.54, 1.807) is 0 Å². The van der Waals surface area contributed by atoms with Crippen molar-refractivity contribution in [2.45, 2.75) is 296 Å². The highest BCUT2D eigenvalue weighted by Crippen LogP contribution is 2.18. The Morgan fingerprint density at radius 3 is 0.500 bits per heavy atom. The Balaban J connectivity index is 3.04. The number of rotatable bonds is 47. The van der Waals surface area contributed by atoms with E-state index in [4.69, 9.17) is 0 Å². The second-order valence-corrected chi connectivity index (χ2v) is 16.8. The summed E-state index contributed by atoms with van der Waals surface area (Å²) in [5, 5.41) is 3.32. The molecule has 0 aromatic heterocycles. The molecule has 0 saturated heterocycles. The molecule has 0 atom stereocenters. The molecule has 1 nitrogen and oxygen atoms in total. The standard InChI is InChI=1S/C49H100N/c1-3-5-6-7-8-9-10-11-12-13-14-15-16-17-18-19-20-21-22-23-24-25-26-27-28-29-30-31-32-33-34-35-36-37-38-39-40-41-42-43-44-45-46-47-48-49-50-4-2/h50H,2-49H2,1H3. The summed E-state index contributed by atoms with van der Waals surface area (Å²) in [5.41, 5.74) is 0. The topological polar surface area (TPSA) is 12.0 Å². The first-order valence-electron chi connectivity index (χ1n) is 24.4. The second kappa shape index (κ2) is 49.0. The van der Waals surface area contributed by atoms with E-state index < -0.39 is 0 Å². The molecule has 1 radical (unpaired) electrons. The van der Waals surface area contributed by atoms with Crippen LogP contribution in [0.25, 0.3) is 0 Å². The molecular formula is C49H100N. The zero-order valence-corrected chi connectivity index (χ0v) is 35.4. The lowest BCUT2D eigenvalue weighted by Crippen LogP contribution is -2.13. The molecule has 0 rings (SSSR count). The van der Waals surface area contributed by atoms with Crippen LogP contribution in [0, 0.1) is 6.92 Å². The lowest BCUT2D eigenvalue weighted by atomic mass is 10.0. The molecule has 0 unspecified atom stereocenters. The molecule has 0 aromatic rings. The van der Waals surface area contributed by atoms with Gasteiger partial charge in [-0.15, -0.1) is 0 Å². The molecular weight excluding hydrogens is 603 g/mol. The predicted molar refractivity (Wildman–Crippen MR) is 232 cm³/mol. The van der Waals surface area contributed by atoms with Gasteiger partial charge in [0.2, 0.25) is 0 Å². The molecule has 0 amide bonds. The molecule has 0 aliphatic heterocycles. The van der Waals surface area contributed by atoms with Crippen molar-refractivity contribution >= 4 is 0 Å². The summed E-state index contributed by atoms with van der Waals surface area (Å²) in [6.07, 6.45) is 66.5. The van der Waals surface area contributed by atoms with Crippen molar-refractivity contribution in [3.05, 3.63) is 6.92 Å². The number of nitrogens with one attached hydrogen (secondary N) is 1. The van der Waals surface area contributed by atoms with Crippen LogP contribution in [0.15, 0.2) is 0 Å². The minimum atomic E-state index is 0.875. The van der Waals surface area contributed by atoms with E-state index in [2.05, 4.69) is 19.2 Å². The summed E-state index contributed by atoms with van der Waals surface area (Å²) >= 11 is 0. The van der Waals surface area contributed by atoms with E-state index in [9.17, 15) is 0 Å². The van der Waals surface area contributed by atoms with Crippen LogP contribution in [0.4, 0.5) is 0 Å². The molecule has 1 N–H and O–H groups in total. The van der Waals surface area contributed by atoms with Crippen molar-refractivity contribution < 1.29 is 0 Å². The molecule has 0 aromatic carbocycles. The van der Waals surface area contributed by atoms with Crippen LogP contribution >= 0.6 is 0 Å². The van der Waals surface area contributed by atoms with Crippen molar-refractivity contribution in [2.75, 3.05) is 13.1 Å². The predicted octanol–water partition coefficient (Wildman–Crippen LogP) is 18.0. The Morgan fingerprint density at radius 1 is 0.220 bits per heavy atom. The van der Waals surface area contributed by atoms with E-state index >= 15 is 0 Å². The molecule has 50 heavy (non-hydrogen) atoms. The summed E-state index contributed by atoms with van der Waals surface area (Å²) in [5.74, 6) is 0. The zero-order chi connectivity index (χ0) is 35.9. The lowest BCUT2D eigenvalue weighted by Gasteiger charge is -2.05. The number of hydrogen-bond acceptors (Lipinski definition) is 1. The summed E-state index contributed by atoms with van der Waals surface area (Å²) < 4.78 is 0. The Bertz CT molecular complexity index is 495. The average molecular weight is 703 g/mol. The van der Waals surface area contributed by atoms with Crippen molar-refractivity contribution in [1.82, 2.24) is 5.32 Å². The van der Waals surface area contributed by atoms with Gasteiger partial charge in [0.05, 0.1) is 0 Å². The summed E-state index contributed by atoms with van der Waals surface area (Å²) in [7, 11) is 0. The van der Waals surface area contributed by atoms with Crippen LogP contribution in [-0.4, -0.2) is 13.1 Å². The summed E-state index contributed by atoms with van der Waals surface area (Å²) in [6, 6.07) is 0. The van der Waals surface area contributed by atoms with Crippen LogP contribution in [0.1, 0.15) is 296 Å². The molecule has 0 spiro atoms. The molecule has 0 saturated carbocycles. The third-order valence-corrected chi connectivity index (χ3v) is 11.6. The highest BCUT2D eigenvalue weighted by Gasteiger charge is 1.98. The first-order chi connectivity index (χ1) is 24.9. The fourth-order valence-electron chi connectivity index (χ4n) is 8.05. The molecule has 0 fully saturated rings. The van der Waals surface area contributed by atoms with Crippen LogP contribution < -0.4 is 5.32 Å². The van der Waals surface area contributed by atoms with E-state index in [0.717, 1.165) is 13.1 Å². The Labute approximate surface area is 320 Å². The Hall–Kier alpha value is -0.0400. The molecule has 1 heteroatoms. The first kappa shape index (κ1) is 50.0. The Kier molecular flexibility index (Phi) is 48.9. The molecule has 0 bridgehead atoms. The van der Waals surface area contributed by atoms with E-state index in [-0.39, 0.29) is 0 Å². The molecule has 0 aliphatic rings. The van der Waals surface area contributed by atoms with Gasteiger partial charge in [-0.05, 0) is 26.4 Å². The summed E-state index contributed by atoms with van der Waals surface area (Å²) in [6.45, 7) is 8.17. The third-order valence-electron chi connectivity index (χ3n) is 11.6. The van der Waals surface area contributed by atoms with Gasteiger partial charge >= 0.3 is 0 Å². The van der Waals surface area contributed by atoms with E-state index in [1.807, 2.05) is 0 Å². The third kappa shape index (κ3) is 48.0. The largest absolute Gasteiger partial charge is 0.317 e. The quantitative estimate of drug-likeness (QED) is 0.0623. The number of unbranched alkanes of at least 4 members (excludes halogenated alkanes) is 44. The number of hydrogen-bond donors (Lipinski definition) is 1. The maximum atomic E-state index is 3.83. The van der Waals surface area contributed by atoms with E-state index in [1.165, 1.54) is 289 Å². The van der Waals surface area contributed by atoms with Gasteiger partial charge in [0.25, 0.3) is 0 Å². The van der Waals surface area contributed by atoms with Crippen molar-refractivity contribution in [2.24, 2.45) is 0 Å². The van der Waals surface area contributed by atoms with E-state index in [0.29, 0.717) is 0 Å². The van der Waals surface area contributed by atoms with Crippen molar-refractivity contribution in [3.63, 3.8) is 0 Å². The Morgan fingerprint density at radius 2 is 0.360 bits per heavy atom. The minimum Gasteiger partial charge on any atom is -0.317 e. The highest BCUT2D eigenvalue weighted by atomic mass is 14.8. The lowest BCUT2D eigenvalue weighted by molar-refractivity contribution is 0.508. The normalized spacial score (nSPS) is 11.6. The summed E-state index contributed by atoms with van der Waals surface area (Å²) in [4.78, 5) is 0. The molecule has 301 valence electrons.